The fraction of sp³-hybridized carbons (Fsp3) is 0.571. The first-order valence-corrected chi connectivity index (χ1v) is 5.91. The summed E-state index contributed by atoms with van der Waals surface area (Å²) < 4.78 is 0. The maximum atomic E-state index is 3.40. The van der Waals surface area contributed by atoms with Crippen LogP contribution >= 0.6 is 0 Å². The van der Waals surface area contributed by atoms with Crippen molar-refractivity contribution in [2.24, 2.45) is 5.92 Å². The van der Waals surface area contributed by atoms with E-state index < -0.39 is 0 Å². The van der Waals surface area contributed by atoms with E-state index in [0.29, 0.717) is 6.04 Å². The average molecular weight is 205 g/mol. The predicted molar refractivity (Wildman–Crippen MR) is 67.1 cm³/mol. The van der Waals surface area contributed by atoms with Gasteiger partial charge < -0.3 is 5.32 Å². The molecule has 0 fully saturated rings. The molecule has 0 saturated heterocycles. The Kier molecular flexibility index (Phi) is 4.83. The van der Waals surface area contributed by atoms with Crippen LogP contribution in [0.1, 0.15) is 43.9 Å². The maximum Gasteiger partial charge on any atom is 0.0320 e. The number of hydrogen-bond acceptors (Lipinski definition) is 1. The molecule has 2 unspecified atom stereocenters. The first-order valence-electron chi connectivity index (χ1n) is 5.91. The van der Waals surface area contributed by atoms with E-state index in [1.165, 1.54) is 24.0 Å². The molecule has 84 valence electrons. The summed E-state index contributed by atoms with van der Waals surface area (Å²) in [5, 5.41) is 3.40. The standard InChI is InChI=1S/C14H23N/c1-5-11(2)10-14(15-4)13-8-6-12(3)7-9-13/h6-9,11,14-15H,5,10H2,1-4H3. The summed E-state index contributed by atoms with van der Waals surface area (Å²) in [6.07, 6.45) is 2.47. The van der Waals surface area contributed by atoms with Crippen molar-refractivity contribution < 1.29 is 0 Å². The highest BCUT2D eigenvalue weighted by Crippen LogP contribution is 2.22. The van der Waals surface area contributed by atoms with Crippen LogP contribution in [0.2, 0.25) is 0 Å². The van der Waals surface area contributed by atoms with Gasteiger partial charge in [-0.2, -0.15) is 0 Å². The van der Waals surface area contributed by atoms with E-state index in [4.69, 9.17) is 0 Å². The topological polar surface area (TPSA) is 12.0 Å². The van der Waals surface area contributed by atoms with Crippen molar-refractivity contribution in [3.63, 3.8) is 0 Å². The highest BCUT2D eigenvalue weighted by atomic mass is 14.9. The van der Waals surface area contributed by atoms with Crippen LogP contribution in [0.3, 0.4) is 0 Å². The second kappa shape index (κ2) is 5.92. The maximum absolute atomic E-state index is 3.40. The van der Waals surface area contributed by atoms with Crippen LogP contribution in [-0.2, 0) is 0 Å². The van der Waals surface area contributed by atoms with Gasteiger partial charge in [0, 0.05) is 6.04 Å². The van der Waals surface area contributed by atoms with E-state index in [1.807, 2.05) is 7.05 Å². The van der Waals surface area contributed by atoms with Gasteiger partial charge in [-0.3, -0.25) is 0 Å². The second-order valence-electron chi connectivity index (χ2n) is 4.50. The number of hydrogen-bond donors (Lipinski definition) is 1. The molecule has 0 aliphatic rings. The summed E-state index contributed by atoms with van der Waals surface area (Å²) in [6.45, 7) is 6.71. The summed E-state index contributed by atoms with van der Waals surface area (Å²) in [5.74, 6) is 0.781. The van der Waals surface area contributed by atoms with Gasteiger partial charge in [-0.25, -0.2) is 0 Å². The molecule has 0 amide bonds. The Morgan fingerprint density at radius 2 is 1.80 bits per heavy atom. The molecule has 15 heavy (non-hydrogen) atoms. The monoisotopic (exact) mass is 205 g/mol. The molecular formula is C14H23N. The average Bonchev–Trinajstić information content (AvgIpc) is 2.27. The van der Waals surface area contributed by atoms with E-state index in [-0.39, 0.29) is 0 Å². The van der Waals surface area contributed by atoms with Crippen molar-refractivity contribution in [1.82, 2.24) is 5.32 Å². The molecule has 0 aliphatic carbocycles. The molecular weight excluding hydrogens is 182 g/mol. The fourth-order valence-electron chi connectivity index (χ4n) is 1.79. The minimum absolute atomic E-state index is 0.501. The van der Waals surface area contributed by atoms with Crippen molar-refractivity contribution in [2.75, 3.05) is 7.05 Å². The van der Waals surface area contributed by atoms with E-state index in [9.17, 15) is 0 Å². The SMILES string of the molecule is CCC(C)CC(NC)c1ccc(C)cc1. The lowest BCUT2D eigenvalue weighted by atomic mass is 9.94. The molecule has 1 nitrogen and oxygen atoms in total. The van der Waals surface area contributed by atoms with Crippen LogP contribution in [0.25, 0.3) is 0 Å². The van der Waals surface area contributed by atoms with Gasteiger partial charge in [-0.15, -0.1) is 0 Å². The largest absolute Gasteiger partial charge is 0.313 e. The third-order valence-corrected chi connectivity index (χ3v) is 3.16. The molecule has 1 heteroatoms. The summed E-state index contributed by atoms with van der Waals surface area (Å²) >= 11 is 0. The molecule has 1 aromatic rings. The highest BCUT2D eigenvalue weighted by Gasteiger charge is 2.11. The molecule has 0 saturated carbocycles. The van der Waals surface area contributed by atoms with Gasteiger partial charge in [0.05, 0.1) is 0 Å². The minimum atomic E-state index is 0.501. The molecule has 2 atom stereocenters. The van der Waals surface area contributed by atoms with Gasteiger partial charge in [-0.05, 0) is 31.9 Å². The van der Waals surface area contributed by atoms with Crippen molar-refractivity contribution in [3.8, 4) is 0 Å². The lowest BCUT2D eigenvalue weighted by Gasteiger charge is -2.20. The number of benzene rings is 1. The number of nitrogens with one attached hydrogen (secondary N) is 1. The molecule has 0 heterocycles. The zero-order valence-corrected chi connectivity index (χ0v) is 10.4. The van der Waals surface area contributed by atoms with Crippen LogP contribution < -0.4 is 5.32 Å². The van der Waals surface area contributed by atoms with Crippen LogP contribution in [0, 0.1) is 12.8 Å². The third-order valence-electron chi connectivity index (χ3n) is 3.16. The fourth-order valence-corrected chi connectivity index (χ4v) is 1.79. The molecule has 0 spiro atoms. The third kappa shape index (κ3) is 3.67. The lowest BCUT2D eigenvalue weighted by Crippen LogP contribution is -2.18. The van der Waals surface area contributed by atoms with Gasteiger partial charge in [0.2, 0.25) is 0 Å². The highest BCUT2D eigenvalue weighted by molar-refractivity contribution is 5.24. The summed E-state index contributed by atoms with van der Waals surface area (Å²) in [6, 6.07) is 9.35. The van der Waals surface area contributed by atoms with E-state index in [2.05, 4.69) is 50.4 Å². The van der Waals surface area contributed by atoms with Gasteiger partial charge in [0.25, 0.3) is 0 Å². The smallest absolute Gasteiger partial charge is 0.0320 e. The zero-order chi connectivity index (χ0) is 11.3. The second-order valence-corrected chi connectivity index (χ2v) is 4.50. The van der Waals surface area contributed by atoms with Crippen LogP contribution in [-0.4, -0.2) is 7.05 Å². The summed E-state index contributed by atoms with van der Waals surface area (Å²) in [4.78, 5) is 0. The predicted octanol–water partition coefficient (Wildman–Crippen LogP) is 3.69. The summed E-state index contributed by atoms with van der Waals surface area (Å²) in [7, 11) is 2.05. The molecule has 0 aromatic heterocycles. The summed E-state index contributed by atoms with van der Waals surface area (Å²) in [5.41, 5.74) is 2.74. The molecule has 0 radical (unpaired) electrons. The van der Waals surface area contributed by atoms with Crippen molar-refractivity contribution in [3.05, 3.63) is 35.4 Å². The Morgan fingerprint density at radius 1 is 1.20 bits per heavy atom. The van der Waals surface area contributed by atoms with Gasteiger partial charge in [-0.1, -0.05) is 50.1 Å². The normalized spacial score (nSPS) is 14.9. The van der Waals surface area contributed by atoms with Crippen molar-refractivity contribution >= 4 is 0 Å². The molecule has 1 N–H and O–H groups in total. The van der Waals surface area contributed by atoms with E-state index in [0.717, 1.165) is 5.92 Å². The van der Waals surface area contributed by atoms with Crippen molar-refractivity contribution in [2.45, 2.75) is 39.7 Å². The Morgan fingerprint density at radius 3 is 2.27 bits per heavy atom. The molecule has 1 aromatic carbocycles. The Balaban J connectivity index is 2.69. The molecule has 0 aliphatic heterocycles. The minimum Gasteiger partial charge on any atom is -0.313 e. The Bertz CT molecular complexity index is 276. The Hall–Kier alpha value is -0.820. The molecule has 1 rings (SSSR count). The van der Waals surface area contributed by atoms with Gasteiger partial charge in [0.1, 0.15) is 0 Å². The number of rotatable bonds is 5. The lowest BCUT2D eigenvalue weighted by molar-refractivity contribution is 0.422. The van der Waals surface area contributed by atoms with Crippen LogP contribution in [0.5, 0.6) is 0 Å². The van der Waals surface area contributed by atoms with Crippen molar-refractivity contribution in [1.29, 1.82) is 0 Å². The number of aryl methyl sites for hydroxylation is 1. The first kappa shape index (κ1) is 12.3. The quantitative estimate of drug-likeness (QED) is 0.773. The Labute approximate surface area is 93.9 Å². The van der Waals surface area contributed by atoms with Crippen LogP contribution in [0.15, 0.2) is 24.3 Å². The van der Waals surface area contributed by atoms with Gasteiger partial charge in [0.15, 0.2) is 0 Å². The molecule has 0 bridgehead atoms. The van der Waals surface area contributed by atoms with Gasteiger partial charge >= 0.3 is 0 Å². The first-order chi connectivity index (χ1) is 7.17. The van der Waals surface area contributed by atoms with E-state index in [1.54, 1.807) is 0 Å². The van der Waals surface area contributed by atoms with E-state index >= 15 is 0 Å². The zero-order valence-electron chi connectivity index (χ0n) is 10.4. The van der Waals surface area contributed by atoms with Crippen LogP contribution in [0.4, 0.5) is 0 Å².